The number of hydrogen-bond donors (Lipinski definition) is 0. The molecule has 0 atom stereocenters. The van der Waals surface area contributed by atoms with Crippen LogP contribution in [0.5, 0.6) is 0 Å². The minimum atomic E-state index is 1.16. The molecule has 0 N–H and O–H groups in total. The highest BCUT2D eigenvalue weighted by Crippen LogP contribution is 2.32. The van der Waals surface area contributed by atoms with Crippen LogP contribution in [0.1, 0.15) is 11.1 Å². The van der Waals surface area contributed by atoms with Gasteiger partial charge in [0.15, 0.2) is 0 Å². The SMILES string of the molecule is CO/C=C/c1ccccc1-c1ccc2ccccc2c1C. The molecular formula is C20H18O. The van der Waals surface area contributed by atoms with Gasteiger partial charge in [0.1, 0.15) is 0 Å². The molecule has 0 aromatic heterocycles. The summed E-state index contributed by atoms with van der Waals surface area (Å²) in [4.78, 5) is 0. The van der Waals surface area contributed by atoms with Crippen molar-refractivity contribution in [3.05, 3.63) is 78.1 Å². The van der Waals surface area contributed by atoms with E-state index in [0.29, 0.717) is 0 Å². The third-order valence-corrected chi connectivity index (χ3v) is 3.83. The maximum atomic E-state index is 5.06. The largest absolute Gasteiger partial charge is 0.504 e. The molecule has 0 bridgehead atoms. The highest BCUT2D eigenvalue weighted by Gasteiger charge is 2.08. The Morgan fingerprint density at radius 1 is 0.810 bits per heavy atom. The van der Waals surface area contributed by atoms with Crippen LogP contribution in [-0.2, 0) is 4.74 Å². The summed E-state index contributed by atoms with van der Waals surface area (Å²) in [7, 11) is 1.67. The molecule has 3 aromatic carbocycles. The molecule has 21 heavy (non-hydrogen) atoms. The molecule has 1 nitrogen and oxygen atoms in total. The van der Waals surface area contributed by atoms with E-state index in [1.807, 2.05) is 6.08 Å². The highest BCUT2D eigenvalue weighted by molar-refractivity contribution is 5.92. The first-order chi connectivity index (χ1) is 10.3. The van der Waals surface area contributed by atoms with Gasteiger partial charge in [-0.05, 0) is 46.0 Å². The van der Waals surface area contributed by atoms with E-state index in [0.717, 1.165) is 5.56 Å². The van der Waals surface area contributed by atoms with Crippen LogP contribution in [0.15, 0.2) is 66.9 Å². The van der Waals surface area contributed by atoms with E-state index in [4.69, 9.17) is 4.74 Å². The molecule has 0 saturated carbocycles. The molecule has 0 aliphatic heterocycles. The van der Waals surface area contributed by atoms with E-state index in [1.165, 1.54) is 27.5 Å². The summed E-state index contributed by atoms with van der Waals surface area (Å²) in [5.74, 6) is 0. The summed E-state index contributed by atoms with van der Waals surface area (Å²) in [5, 5.41) is 2.59. The summed E-state index contributed by atoms with van der Waals surface area (Å²) >= 11 is 0. The molecule has 104 valence electrons. The van der Waals surface area contributed by atoms with Crippen LogP contribution in [0, 0.1) is 6.92 Å². The average Bonchev–Trinajstić information content (AvgIpc) is 2.54. The lowest BCUT2D eigenvalue weighted by molar-refractivity contribution is 0.341. The first-order valence-corrected chi connectivity index (χ1v) is 7.08. The first kappa shape index (κ1) is 13.4. The molecule has 1 heteroatoms. The highest BCUT2D eigenvalue weighted by atomic mass is 16.5. The molecule has 0 radical (unpaired) electrons. The van der Waals surface area contributed by atoms with Crippen molar-refractivity contribution in [2.24, 2.45) is 0 Å². The Bertz CT molecular complexity index is 800. The zero-order valence-electron chi connectivity index (χ0n) is 12.3. The summed E-state index contributed by atoms with van der Waals surface area (Å²) in [6, 6.07) is 21.3. The third kappa shape index (κ3) is 2.55. The first-order valence-electron chi connectivity index (χ1n) is 7.08. The predicted molar refractivity (Wildman–Crippen MR) is 90.2 cm³/mol. The zero-order valence-corrected chi connectivity index (χ0v) is 12.3. The number of aryl methyl sites for hydroxylation is 1. The Labute approximate surface area is 125 Å². The van der Waals surface area contributed by atoms with Crippen LogP contribution < -0.4 is 0 Å². The van der Waals surface area contributed by atoms with E-state index in [2.05, 4.69) is 67.6 Å². The van der Waals surface area contributed by atoms with E-state index in [9.17, 15) is 0 Å². The monoisotopic (exact) mass is 274 g/mol. The van der Waals surface area contributed by atoms with Crippen molar-refractivity contribution in [3.8, 4) is 11.1 Å². The molecule has 0 saturated heterocycles. The van der Waals surface area contributed by atoms with E-state index in [-0.39, 0.29) is 0 Å². The van der Waals surface area contributed by atoms with Gasteiger partial charge in [-0.1, -0.05) is 60.7 Å². The average molecular weight is 274 g/mol. The number of fused-ring (bicyclic) bond motifs is 1. The zero-order chi connectivity index (χ0) is 14.7. The van der Waals surface area contributed by atoms with E-state index >= 15 is 0 Å². The fraction of sp³-hybridized carbons (Fsp3) is 0.100. The maximum absolute atomic E-state index is 5.06. The fourth-order valence-corrected chi connectivity index (χ4v) is 2.75. The Morgan fingerprint density at radius 3 is 2.43 bits per heavy atom. The fourth-order valence-electron chi connectivity index (χ4n) is 2.75. The van der Waals surface area contributed by atoms with Gasteiger partial charge in [0.25, 0.3) is 0 Å². The van der Waals surface area contributed by atoms with Gasteiger partial charge < -0.3 is 4.74 Å². The van der Waals surface area contributed by atoms with E-state index in [1.54, 1.807) is 13.4 Å². The summed E-state index contributed by atoms with van der Waals surface area (Å²) in [6.07, 6.45) is 3.72. The molecule has 3 aromatic rings. The molecule has 0 spiro atoms. The van der Waals surface area contributed by atoms with Gasteiger partial charge in [-0.25, -0.2) is 0 Å². The van der Waals surface area contributed by atoms with Crippen molar-refractivity contribution in [1.82, 2.24) is 0 Å². The summed E-state index contributed by atoms with van der Waals surface area (Å²) < 4.78 is 5.06. The lowest BCUT2D eigenvalue weighted by Gasteiger charge is -2.12. The standard InChI is InChI=1S/C20H18O/c1-15-18-9-5-3-7-16(18)11-12-19(15)20-10-6-4-8-17(20)13-14-21-2/h3-14H,1-2H3/b14-13+. The second-order valence-electron chi connectivity index (χ2n) is 5.08. The van der Waals surface area contributed by atoms with Crippen molar-refractivity contribution in [2.45, 2.75) is 6.92 Å². The summed E-state index contributed by atoms with van der Waals surface area (Å²) in [6.45, 7) is 2.19. The molecule has 0 fully saturated rings. The number of benzene rings is 3. The molecule has 0 aliphatic rings. The van der Waals surface area contributed by atoms with Gasteiger partial charge >= 0.3 is 0 Å². The Balaban J connectivity index is 2.21. The number of methoxy groups -OCH3 is 1. The van der Waals surface area contributed by atoms with Crippen molar-refractivity contribution < 1.29 is 4.74 Å². The van der Waals surface area contributed by atoms with Gasteiger partial charge in [-0.15, -0.1) is 0 Å². The van der Waals surface area contributed by atoms with Gasteiger partial charge in [-0.2, -0.15) is 0 Å². The number of hydrogen-bond acceptors (Lipinski definition) is 1. The van der Waals surface area contributed by atoms with Crippen molar-refractivity contribution in [1.29, 1.82) is 0 Å². The lowest BCUT2D eigenvalue weighted by atomic mass is 9.92. The van der Waals surface area contributed by atoms with Crippen LogP contribution in [0.4, 0.5) is 0 Å². The third-order valence-electron chi connectivity index (χ3n) is 3.83. The number of ether oxygens (including phenoxy) is 1. The quantitative estimate of drug-likeness (QED) is 0.578. The molecule has 0 aliphatic carbocycles. The Morgan fingerprint density at radius 2 is 1.57 bits per heavy atom. The Kier molecular flexibility index (Phi) is 3.74. The summed E-state index contributed by atoms with van der Waals surface area (Å²) in [5.41, 5.74) is 4.98. The molecule has 0 unspecified atom stereocenters. The minimum Gasteiger partial charge on any atom is -0.504 e. The second-order valence-corrected chi connectivity index (χ2v) is 5.08. The van der Waals surface area contributed by atoms with Gasteiger partial charge in [0.05, 0.1) is 13.4 Å². The van der Waals surface area contributed by atoms with Crippen LogP contribution in [-0.4, -0.2) is 7.11 Å². The van der Waals surface area contributed by atoms with E-state index < -0.39 is 0 Å². The van der Waals surface area contributed by atoms with Crippen molar-refractivity contribution in [2.75, 3.05) is 7.11 Å². The molecule has 0 amide bonds. The topological polar surface area (TPSA) is 9.23 Å². The minimum absolute atomic E-state index is 1.16. The van der Waals surface area contributed by atoms with Crippen LogP contribution in [0.3, 0.4) is 0 Å². The number of rotatable bonds is 3. The van der Waals surface area contributed by atoms with Gasteiger partial charge in [-0.3, -0.25) is 0 Å². The van der Waals surface area contributed by atoms with Crippen LogP contribution >= 0.6 is 0 Å². The van der Waals surface area contributed by atoms with Crippen LogP contribution in [0.2, 0.25) is 0 Å². The molecule has 0 heterocycles. The molecule has 3 rings (SSSR count). The van der Waals surface area contributed by atoms with Crippen molar-refractivity contribution in [3.63, 3.8) is 0 Å². The Hall–Kier alpha value is -2.54. The predicted octanol–water partition coefficient (Wildman–Crippen LogP) is 5.43. The normalized spacial score (nSPS) is 11.1. The van der Waals surface area contributed by atoms with Crippen molar-refractivity contribution >= 4 is 16.8 Å². The molecular weight excluding hydrogens is 256 g/mol. The van der Waals surface area contributed by atoms with Gasteiger partial charge in [0.2, 0.25) is 0 Å². The maximum Gasteiger partial charge on any atom is 0.0830 e. The smallest absolute Gasteiger partial charge is 0.0830 e. The lowest BCUT2D eigenvalue weighted by Crippen LogP contribution is -1.88. The second kappa shape index (κ2) is 5.84. The van der Waals surface area contributed by atoms with Crippen LogP contribution in [0.25, 0.3) is 28.0 Å². The van der Waals surface area contributed by atoms with Gasteiger partial charge in [0, 0.05) is 0 Å².